The normalized spacial score (nSPS) is 14.7. The van der Waals surface area contributed by atoms with Crippen LogP contribution in [0, 0.1) is 0 Å². The van der Waals surface area contributed by atoms with E-state index in [1.807, 2.05) is 0 Å². The topological polar surface area (TPSA) is 113 Å². The Morgan fingerprint density at radius 3 is 2.35 bits per heavy atom. The Kier molecular flexibility index (Phi) is 8.14. The van der Waals surface area contributed by atoms with Gasteiger partial charge in [-0.15, -0.1) is 0 Å². The number of ether oxygens (including phenoxy) is 1. The van der Waals surface area contributed by atoms with E-state index in [0.717, 1.165) is 16.4 Å². The second-order valence-corrected chi connectivity index (χ2v) is 11.6. The molecule has 0 aromatic heterocycles. The van der Waals surface area contributed by atoms with Gasteiger partial charge in [0, 0.05) is 13.0 Å². The van der Waals surface area contributed by atoms with E-state index in [9.17, 15) is 31.2 Å². The molecule has 0 bridgehead atoms. The van der Waals surface area contributed by atoms with Crippen LogP contribution in [0.4, 0.5) is 18.9 Å². The number of hydrogen-bond acceptors (Lipinski definition) is 5. The van der Waals surface area contributed by atoms with E-state index < -0.39 is 46.3 Å². The fraction of sp³-hybridized carbons (Fsp3) is 0.161. The zero-order valence-electron chi connectivity index (χ0n) is 22.4. The average molecular weight is 611 g/mol. The Hall–Kier alpha value is -4.84. The number of nitrogens with zero attached hydrogens (tertiary/aromatic N) is 1. The minimum Gasteiger partial charge on any atom is -0.482 e. The van der Waals surface area contributed by atoms with Gasteiger partial charge in [-0.25, -0.2) is 13.2 Å². The van der Waals surface area contributed by atoms with Gasteiger partial charge >= 0.3 is 12.1 Å². The van der Waals surface area contributed by atoms with Crippen molar-refractivity contribution in [3.63, 3.8) is 0 Å². The summed E-state index contributed by atoms with van der Waals surface area (Å²) in [5, 5.41) is 11.6. The molecule has 0 unspecified atom stereocenters. The monoisotopic (exact) mass is 610 g/mol. The summed E-state index contributed by atoms with van der Waals surface area (Å²) in [7, 11) is -4.26. The van der Waals surface area contributed by atoms with Crippen molar-refractivity contribution in [2.24, 2.45) is 0 Å². The van der Waals surface area contributed by atoms with Crippen molar-refractivity contribution in [1.29, 1.82) is 0 Å². The number of carbonyl (C=O) groups excluding carboxylic acids is 1. The number of sulfonamides is 1. The van der Waals surface area contributed by atoms with Crippen LogP contribution in [0.5, 0.6) is 5.75 Å². The van der Waals surface area contributed by atoms with Crippen molar-refractivity contribution in [2.75, 3.05) is 10.9 Å². The number of aliphatic carboxylic acids is 1. The summed E-state index contributed by atoms with van der Waals surface area (Å²) in [6, 6.07) is 22.4. The van der Waals surface area contributed by atoms with E-state index in [4.69, 9.17) is 9.84 Å². The number of alkyl halides is 3. The number of carbonyl (C=O) groups is 2. The molecule has 0 aliphatic carbocycles. The van der Waals surface area contributed by atoms with Gasteiger partial charge in [0.1, 0.15) is 11.8 Å². The van der Waals surface area contributed by atoms with Gasteiger partial charge in [0.25, 0.3) is 10.0 Å². The number of carboxylic acids is 1. The van der Waals surface area contributed by atoms with Gasteiger partial charge in [-0.3, -0.25) is 9.10 Å². The number of fused-ring (bicyclic) bond motifs is 1. The molecule has 0 saturated heterocycles. The first-order chi connectivity index (χ1) is 20.4. The molecular formula is C31H25F3N2O6S. The molecule has 222 valence electrons. The maximum Gasteiger partial charge on any atom is 0.416 e. The molecule has 0 spiro atoms. The van der Waals surface area contributed by atoms with Gasteiger partial charge in [0.2, 0.25) is 5.91 Å². The second-order valence-electron chi connectivity index (χ2n) is 9.80. The van der Waals surface area contributed by atoms with Crippen LogP contribution in [0.25, 0.3) is 11.1 Å². The third kappa shape index (κ3) is 6.49. The standard InChI is InChI=1S/C31H25F3N2O6S/c32-31(33,34)24-8-4-7-22(16-24)21-11-13-26(14-12-21)43(40,41)36-27-10-2-1-6-23(27)17-28(36)30(39)35-18-20-5-3-9-25(15-20)42-19-29(37)38/h1-16,28H,17-19H2,(H,35,39)(H,37,38)/t28-/m0/s1. The van der Waals surface area contributed by atoms with E-state index in [-0.39, 0.29) is 23.4 Å². The molecule has 1 aliphatic heterocycles. The number of halogens is 3. The summed E-state index contributed by atoms with van der Waals surface area (Å²) in [4.78, 5) is 24.1. The highest BCUT2D eigenvalue weighted by molar-refractivity contribution is 7.93. The number of para-hydroxylation sites is 1. The van der Waals surface area contributed by atoms with Crippen molar-refractivity contribution in [3.8, 4) is 16.9 Å². The highest BCUT2D eigenvalue weighted by Crippen LogP contribution is 2.38. The van der Waals surface area contributed by atoms with E-state index in [2.05, 4.69) is 5.32 Å². The lowest BCUT2D eigenvalue weighted by Crippen LogP contribution is -2.47. The zero-order valence-corrected chi connectivity index (χ0v) is 23.2. The van der Waals surface area contributed by atoms with Gasteiger partial charge in [-0.2, -0.15) is 13.2 Å². The third-order valence-electron chi connectivity index (χ3n) is 6.89. The number of amides is 1. The van der Waals surface area contributed by atoms with Gasteiger partial charge in [-0.1, -0.05) is 54.6 Å². The maximum absolute atomic E-state index is 13.9. The largest absolute Gasteiger partial charge is 0.482 e. The number of anilines is 1. The van der Waals surface area contributed by atoms with Crippen LogP contribution in [0.1, 0.15) is 16.7 Å². The molecular weight excluding hydrogens is 585 g/mol. The second kappa shape index (κ2) is 11.8. The first kappa shape index (κ1) is 29.6. The van der Waals surface area contributed by atoms with E-state index in [1.54, 1.807) is 48.5 Å². The molecule has 0 radical (unpaired) electrons. The smallest absolute Gasteiger partial charge is 0.416 e. The van der Waals surface area contributed by atoms with Crippen molar-refractivity contribution in [3.05, 3.63) is 114 Å². The van der Waals surface area contributed by atoms with Crippen LogP contribution in [0.3, 0.4) is 0 Å². The summed E-state index contributed by atoms with van der Waals surface area (Å²) >= 11 is 0. The number of hydrogen-bond donors (Lipinski definition) is 2. The third-order valence-corrected chi connectivity index (χ3v) is 8.73. The minimum atomic E-state index is -4.52. The molecule has 4 aromatic rings. The number of carboxylic acid groups (broad SMARTS) is 1. The van der Waals surface area contributed by atoms with Crippen LogP contribution in [0.2, 0.25) is 0 Å². The summed E-state index contributed by atoms with van der Waals surface area (Å²) in [6.07, 6.45) is -4.39. The Morgan fingerprint density at radius 1 is 0.907 bits per heavy atom. The predicted octanol–water partition coefficient (Wildman–Crippen LogP) is 5.27. The Balaban J connectivity index is 1.38. The Morgan fingerprint density at radius 2 is 1.63 bits per heavy atom. The molecule has 1 amide bonds. The summed E-state index contributed by atoms with van der Waals surface area (Å²) < 4.78 is 73.6. The van der Waals surface area contributed by atoms with Gasteiger partial charge in [-0.05, 0) is 64.7 Å². The fourth-order valence-corrected chi connectivity index (χ4v) is 6.51. The zero-order chi connectivity index (χ0) is 30.8. The summed E-state index contributed by atoms with van der Waals surface area (Å²) in [5.41, 5.74) is 1.50. The summed E-state index contributed by atoms with van der Waals surface area (Å²) in [5.74, 6) is -1.37. The van der Waals surface area contributed by atoms with Crippen LogP contribution >= 0.6 is 0 Å². The van der Waals surface area contributed by atoms with Gasteiger partial charge in [0.05, 0.1) is 16.1 Å². The van der Waals surface area contributed by atoms with Gasteiger partial charge < -0.3 is 15.2 Å². The van der Waals surface area contributed by atoms with Gasteiger partial charge in [0.15, 0.2) is 6.61 Å². The molecule has 0 fully saturated rings. The van der Waals surface area contributed by atoms with Crippen LogP contribution in [-0.4, -0.2) is 38.0 Å². The quantitative estimate of drug-likeness (QED) is 0.267. The molecule has 8 nitrogen and oxygen atoms in total. The number of benzene rings is 4. The van der Waals surface area contributed by atoms with Crippen LogP contribution in [-0.2, 0) is 38.8 Å². The van der Waals surface area contributed by atoms with E-state index in [1.165, 1.54) is 36.4 Å². The average Bonchev–Trinajstić information content (AvgIpc) is 3.40. The van der Waals surface area contributed by atoms with Crippen LogP contribution in [0.15, 0.2) is 102 Å². The van der Waals surface area contributed by atoms with Crippen molar-refractivity contribution in [1.82, 2.24) is 5.32 Å². The molecule has 5 rings (SSSR count). The first-order valence-electron chi connectivity index (χ1n) is 13.0. The molecule has 12 heteroatoms. The van der Waals surface area contributed by atoms with Crippen molar-refractivity contribution in [2.45, 2.75) is 30.1 Å². The van der Waals surface area contributed by atoms with Crippen molar-refractivity contribution >= 4 is 27.6 Å². The molecule has 1 atom stereocenters. The lowest BCUT2D eigenvalue weighted by atomic mass is 10.0. The summed E-state index contributed by atoms with van der Waals surface area (Å²) in [6.45, 7) is -0.487. The Bertz CT molecular complexity index is 1780. The van der Waals surface area contributed by atoms with E-state index >= 15 is 0 Å². The first-order valence-corrected chi connectivity index (χ1v) is 14.5. The highest BCUT2D eigenvalue weighted by Gasteiger charge is 2.42. The Labute approximate surface area is 245 Å². The molecule has 4 aromatic carbocycles. The predicted molar refractivity (Wildman–Crippen MR) is 152 cm³/mol. The lowest BCUT2D eigenvalue weighted by molar-refractivity contribution is -0.139. The molecule has 1 heterocycles. The molecule has 0 saturated carbocycles. The minimum absolute atomic E-state index is 0.0372. The molecule has 43 heavy (non-hydrogen) atoms. The number of rotatable bonds is 9. The molecule has 1 aliphatic rings. The molecule has 2 N–H and O–H groups in total. The van der Waals surface area contributed by atoms with E-state index in [0.29, 0.717) is 28.1 Å². The SMILES string of the molecule is O=C(O)COc1cccc(CNC(=O)[C@@H]2Cc3ccccc3N2S(=O)(=O)c2ccc(-c3cccc(C(F)(F)F)c3)cc2)c1. The number of nitrogens with one attached hydrogen (secondary N) is 1. The lowest BCUT2D eigenvalue weighted by Gasteiger charge is -2.26. The van der Waals surface area contributed by atoms with Crippen LogP contribution < -0.4 is 14.4 Å². The maximum atomic E-state index is 13.9. The fourth-order valence-electron chi connectivity index (χ4n) is 4.86. The highest BCUT2D eigenvalue weighted by atomic mass is 32.2. The van der Waals surface area contributed by atoms with Crippen molar-refractivity contribution < 1.29 is 41.0 Å².